The van der Waals surface area contributed by atoms with Crippen molar-refractivity contribution in [2.75, 3.05) is 0 Å². The highest BCUT2D eigenvalue weighted by molar-refractivity contribution is 9.09. The average molecular weight is 189 g/mol. The molecule has 1 aliphatic rings. The number of rotatable bonds is 1. The van der Waals surface area contributed by atoms with Crippen LogP contribution < -0.4 is 0 Å². The molecule has 0 spiro atoms. The molecule has 2 unspecified atom stereocenters. The van der Waals surface area contributed by atoms with Crippen LogP contribution in [0.4, 0.5) is 0 Å². The number of alkyl halides is 1. The third kappa shape index (κ3) is 1.73. The van der Waals surface area contributed by atoms with E-state index in [-0.39, 0.29) is 0 Å². The smallest absolute Gasteiger partial charge is 0.0895 e. The van der Waals surface area contributed by atoms with Gasteiger partial charge in [0.1, 0.15) is 6.71 Å². The Morgan fingerprint density at radius 3 is 2.22 bits per heavy atom. The molecule has 0 radical (unpaired) electrons. The molecule has 2 heteroatoms. The third-order valence-corrected chi connectivity index (χ3v) is 3.48. The molecule has 0 nitrogen and oxygen atoms in total. The highest BCUT2D eigenvalue weighted by Gasteiger charge is 2.28. The highest BCUT2D eigenvalue weighted by atomic mass is 79.9. The summed E-state index contributed by atoms with van der Waals surface area (Å²) >= 11 is 3.71. The van der Waals surface area contributed by atoms with E-state index in [1.54, 1.807) is 0 Å². The summed E-state index contributed by atoms with van der Waals surface area (Å²) in [5, 5.41) is 0. The van der Waals surface area contributed by atoms with E-state index < -0.39 is 0 Å². The molecule has 0 N–H and O–H groups in total. The lowest BCUT2D eigenvalue weighted by Gasteiger charge is -2.14. The van der Waals surface area contributed by atoms with Crippen molar-refractivity contribution in [3.05, 3.63) is 0 Å². The largest absolute Gasteiger partial charge is 0.138 e. The predicted molar refractivity (Wildman–Crippen MR) is 47.8 cm³/mol. The lowest BCUT2D eigenvalue weighted by atomic mass is 9.44. The van der Waals surface area contributed by atoms with E-state index in [2.05, 4.69) is 29.6 Å². The van der Waals surface area contributed by atoms with Gasteiger partial charge in [-0.2, -0.15) is 0 Å². The maximum Gasteiger partial charge on any atom is 0.138 e. The van der Waals surface area contributed by atoms with E-state index in [9.17, 15) is 0 Å². The van der Waals surface area contributed by atoms with Crippen LogP contribution in [0.5, 0.6) is 0 Å². The summed E-state index contributed by atoms with van der Waals surface area (Å²) in [5.74, 6) is 0.949. The predicted octanol–water partition coefficient (Wildman–Crippen LogP) is 3.06. The zero-order valence-corrected chi connectivity index (χ0v) is 7.82. The Morgan fingerprint density at radius 2 is 2.00 bits per heavy atom. The van der Waals surface area contributed by atoms with Crippen molar-refractivity contribution in [1.29, 1.82) is 0 Å². The van der Waals surface area contributed by atoms with Crippen LogP contribution in [0.3, 0.4) is 0 Å². The van der Waals surface area contributed by atoms with Crippen molar-refractivity contribution in [3.8, 4) is 0 Å². The summed E-state index contributed by atoms with van der Waals surface area (Å²) in [7, 11) is 0. The van der Waals surface area contributed by atoms with Crippen molar-refractivity contribution >= 4 is 22.6 Å². The third-order valence-electron chi connectivity index (χ3n) is 2.34. The number of hydrogen-bond donors (Lipinski definition) is 0. The Kier molecular flexibility index (Phi) is 2.63. The van der Waals surface area contributed by atoms with Gasteiger partial charge in [-0.3, -0.25) is 0 Å². The van der Waals surface area contributed by atoms with Crippen LogP contribution in [0.25, 0.3) is 0 Å². The molecule has 0 amide bonds. The van der Waals surface area contributed by atoms with Gasteiger partial charge in [0.15, 0.2) is 0 Å². The topological polar surface area (TPSA) is 0 Å². The molecule has 2 atom stereocenters. The van der Waals surface area contributed by atoms with E-state index in [4.69, 9.17) is 0 Å². The van der Waals surface area contributed by atoms with Gasteiger partial charge in [-0.25, -0.2) is 0 Å². The van der Waals surface area contributed by atoms with Crippen molar-refractivity contribution in [3.63, 3.8) is 0 Å². The molecular weight excluding hydrogens is 175 g/mol. The minimum absolute atomic E-state index is 0.817. The zero-order valence-electron chi connectivity index (χ0n) is 6.23. The van der Waals surface area contributed by atoms with Crippen LogP contribution in [-0.2, 0) is 0 Å². The van der Waals surface area contributed by atoms with Crippen molar-refractivity contribution in [2.24, 2.45) is 0 Å². The normalized spacial score (nSPS) is 35.0. The first-order valence-electron chi connectivity index (χ1n) is 3.86. The fourth-order valence-corrected chi connectivity index (χ4v) is 2.89. The summed E-state index contributed by atoms with van der Waals surface area (Å²) in [6.45, 7) is 5.52. The van der Waals surface area contributed by atoms with Crippen LogP contribution in [0.15, 0.2) is 0 Å². The van der Waals surface area contributed by atoms with Gasteiger partial charge in [-0.15, -0.1) is 0 Å². The summed E-state index contributed by atoms with van der Waals surface area (Å²) in [4.78, 5) is 0.817. The zero-order chi connectivity index (χ0) is 6.85. The van der Waals surface area contributed by atoms with E-state index in [0.717, 1.165) is 17.4 Å². The molecule has 0 aromatic heterocycles. The molecule has 0 aromatic carbocycles. The first kappa shape index (κ1) is 7.65. The van der Waals surface area contributed by atoms with Gasteiger partial charge in [0.25, 0.3) is 0 Å². The van der Waals surface area contributed by atoms with Gasteiger partial charge in [0.2, 0.25) is 0 Å². The molecule has 0 aromatic rings. The minimum Gasteiger partial charge on any atom is -0.0895 e. The summed E-state index contributed by atoms with van der Waals surface area (Å²) < 4.78 is 0. The minimum atomic E-state index is 0.817. The van der Waals surface area contributed by atoms with E-state index in [1.807, 2.05) is 0 Å². The lowest BCUT2D eigenvalue weighted by molar-refractivity contribution is 0.870. The second kappa shape index (κ2) is 3.09. The second-order valence-corrected chi connectivity index (χ2v) is 4.53. The standard InChI is InChI=1S/C7H14BBr/c1-8(2)6-4-3-5-7(6)9/h6-7H,3-5H2,1-2H3. The number of halogens is 1. The van der Waals surface area contributed by atoms with Crippen LogP contribution >= 0.6 is 15.9 Å². The fraction of sp³-hybridized carbons (Fsp3) is 1.00. The van der Waals surface area contributed by atoms with E-state index in [1.165, 1.54) is 19.3 Å². The molecule has 0 heterocycles. The molecule has 1 aliphatic carbocycles. The van der Waals surface area contributed by atoms with Crippen molar-refractivity contribution in [1.82, 2.24) is 0 Å². The Labute approximate surface area is 66.6 Å². The Hall–Kier alpha value is 0.545. The molecule has 0 saturated heterocycles. The van der Waals surface area contributed by atoms with E-state index >= 15 is 0 Å². The van der Waals surface area contributed by atoms with Gasteiger partial charge in [-0.05, 0) is 6.42 Å². The van der Waals surface area contributed by atoms with Gasteiger partial charge in [0, 0.05) is 4.83 Å². The Bertz CT molecular complexity index is 92.9. The van der Waals surface area contributed by atoms with Crippen LogP contribution in [0.2, 0.25) is 19.5 Å². The van der Waals surface area contributed by atoms with Crippen molar-refractivity contribution < 1.29 is 0 Å². The number of hydrogen-bond acceptors (Lipinski definition) is 0. The maximum atomic E-state index is 3.71. The molecule has 52 valence electrons. The summed E-state index contributed by atoms with van der Waals surface area (Å²) in [6, 6.07) is 0. The first-order chi connectivity index (χ1) is 4.22. The quantitative estimate of drug-likeness (QED) is 0.439. The van der Waals surface area contributed by atoms with Crippen LogP contribution in [0.1, 0.15) is 19.3 Å². The molecular formula is C7H14BBr. The molecule has 0 bridgehead atoms. The van der Waals surface area contributed by atoms with Gasteiger partial charge in [-0.1, -0.05) is 48.2 Å². The SMILES string of the molecule is CB(C)C1CCCC1Br. The molecule has 0 aliphatic heterocycles. The van der Waals surface area contributed by atoms with Gasteiger partial charge >= 0.3 is 0 Å². The fourth-order valence-electron chi connectivity index (χ4n) is 1.69. The van der Waals surface area contributed by atoms with Gasteiger partial charge < -0.3 is 0 Å². The molecule has 1 fully saturated rings. The summed E-state index contributed by atoms with van der Waals surface area (Å²) in [5.41, 5.74) is 0. The first-order valence-corrected chi connectivity index (χ1v) is 4.77. The summed E-state index contributed by atoms with van der Waals surface area (Å²) in [6.07, 6.45) is 4.26. The monoisotopic (exact) mass is 188 g/mol. The molecule has 9 heavy (non-hydrogen) atoms. The maximum absolute atomic E-state index is 3.71. The Morgan fingerprint density at radius 1 is 1.33 bits per heavy atom. The van der Waals surface area contributed by atoms with Gasteiger partial charge in [0.05, 0.1) is 0 Å². The van der Waals surface area contributed by atoms with Crippen LogP contribution in [0, 0.1) is 0 Å². The molecule has 1 saturated carbocycles. The second-order valence-electron chi connectivity index (χ2n) is 3.35. The lowest BCUT2D eigenvalue weighted by Crippen LogP contribution is -2.15. The average Bonchev–Trinajstić information content (AvgIpc) is 2.13. The highest BCUT2D eigenvalue weighted by Crippen LogP contribution is 2.38. The van der Waals surface area contributed by atoms with E-state index in [0.29, 0.717) is 0 Å². The Balaban J connectivity index is 2.40. The van der Waals surface area contributed by atoms with Crippen LogP contribution in [-0.4, -0.2) is 11.5 Å². The molecule has 1 rings (SSSR count). The van der Waals surface area contributed by atoms with Crippen molar-refractivity contribution in [2.45, 2.75) is 43.6 Å².